The second-order valence-corrected chi connectivity index (χ2v) is 5.23. The van der Waals surface area contributed by atoms with E-state index in [0.717, 1.165) is 5.76 Å². The molecule has 0 aliphatic rings. The zero-order valence-electron chi connectivity index (χ0n) is 12.7. The third kappa shape index (κ3) is 3.95. The lowest BCUT2D eigenvalue weighted by Crippen LogP contribution is -2.43. The molecule has 0 saturated heterocycles. The van der Waals surface area contributed by atoms with Gasteiger partial charge in [-0.15, -0.1) is 0 Å². The number of nitrogens with one attached hydrogen (secondary N) is 1. The Morgan fingerprint density at radius 1 is 1.19 bits per heavy atom. The van der Waals surface area contributed by atoms with Gasteiger partial charge in [-0.2, -0.15) is 0 Å². The first-order valence-corrected chi connectivity index (χ1v) is 7.16. The fourth-order valence-corrected chi connectivity index (χ4v) is 2.22. The van der Waals surface area contributed by atoms with Gasteiger partial charge in [0.1, 0.15) is 5.76 Å². The lowest BCUT2D eigenvalue weighted by Gasteiger charge is -2.30. The highest BCUT2D eigenvalue weighted by atomic mass is 16.3. The molecule has 4 heteroatoms. The van der Waals surface area contributed by atoms with E-state index < -0.39 is 0 Å². The van der Waals surface area contributed by atoms with Gasteiger partial charge in [0.2, 0.25) is 5.91 Å². The number of nitrogens with zero attached hydrogens (tertiary/aromatic N) is 1. The first-order valence-electron chi connectivity index (χ1n) is 7.16. The third-order valence-electron chi connectivity index (χ3n) is 3.90. The average molecular weight is 286 g/mol. The Bertz CT molecular complexity index is 551. The molecule has 112 valence electrons. The first-order chi connectivity index (χ1) is 10.1. The molecule has 2 rings (SSSR count). The molecule has 21 heavy (non-hydrogen) atoms. The molecule has 1 heterocycles. The van der Waals surface area contributed by atoms with Crippen LogP contribution in [0.4, 0.5) is 0 Å². The molecule has 1 amide bonds. The van der Waals surface area contributed by atoms with Gasteiger partial charge in [0.05, 0.1) is 18.8 Å². The number of benzene rings is 1. The summed E-state index contributed by atoms with van der Waals surface area (Å²) in [5, 5.41) is 2.90. The fourth-order valence-electron chi connectivity index (χ4n) is 2.22. The van der Waals surface area contributed by atoms with Crippen molar-refractivity contribution in [3.63, 3.8) is 0 Å². The first kappa shape index (κ1) is 15.3. The van der Waals surface area contributed by atoms with E-state index in [2.05, 4.69) is 29.3 Å². The molecule has 4 nitrogen and oxygen atoms in total. The van der Waals surface area contributed by atoms with Crippen LogP contribution in [-0.2, 0) is 11.3 Å². The topological polar surface area (TPSA) is 45.5 Å². The monoisotopic (exact) mass is 286 g/mol. The van der Waals surface area contributed by atoms with Crippen molar-refractivity contribution in [2.45, 2.75) is 32.5 Å². The molecule has 0 spiro atoms. The summed E-state index contributed by atoms with van der Waals surface area (Å²) in [5.74, 6) is 0.756. The van der Waals surface area contributed by atoms with Gasteiger partial charge in [-0.3, -0.25) is 9.69 Å². The maximum Gasteiger partial charge on any atom is 0.237 e. The smallest absolute Gasteiger partial charge is 0.237 e. The number of amides is 1. The number of furan rings is 1. The summed E-state index contributed by atoms with van der Waals surface area (Å²) in [7, 11) is 1.97. The van der Waals surface area contributed by atoms with E-state index in [4.69, 9.17) is 4.42 Å². The van der Waals surface area contributed by atoms with Crippen LogP contribution in [0.5, 0.6) is 0 Å². The Morgan fingerprint density at radius 3 is 2.52 bits per heavy atom. The standard InChI is InChI=1S/C17H22N2O2/c1-13(15-8-5-4-6-9-15)19(3)14(2)17(20)18-12-16-10-7-11-21-16/h4-11,13-14H,12H2,1-3H3,(H,18,20)/t13-,14-/m0/s1. The lowest BCUT2D eigenvalue weighted by molar-refractivity contribution is -0.126. The number of rotatable bonds is 6. The fraction of sp³-hybridized carbons (Fsp3) is 0.353. The minimum atomic E-state index is -0.213. The molecule has 0 aliphatic carbocycles. The molecule has 1 aromatic carbocycles. The van der Waals surface area contributed by atoms with E-state index in [1.54, 1.807) is 6.26 Å². The predicted octanol–water partition coefficient (Wildman–Crippen LogP) is 2.98. The summed E-state index contributed by atoms with van der Waals surface area (Å²) in [5.41, 5.74) is 1.20. The van der Waals surface area contributed by atoms with Gasteiger partial charge < -0.3 is 9.73 Å². The molecule has 0 saturated carbocycles. The van der Waals surface area contributed by atoms with Crippen molar-refractivity contribution in [3.8, 4) is 0 Å². The van der Waals surface area contributed by atoms with Gasteiger partial charge in [-0.25, -0.2) is 0 Å². The minimum absolute atomic E-state index is 0.00307. The van der Waals surface area contributed by atoms with Crippen molar-refractivity contribution in [1.29, 1.82) is 0 Å². The van der Waals surface area contributed by atoms with Crippen molar-refractivity contribution in [1.82, 2.24) is 10.2 Å². The van der Waals surface area contributed by atoms with E-state index in [1.807, 2.05) is 44.3 Å². The number of likely N-dealkylation sites (N-methyl/N-ethyl adjacent to an activating group) is 1. The van der Waals surface area contributed by atoms with Gasteiger partial charge in [0, 0.05) is 6.04 Å². The maximum absolute atomic E-state index is 12.2. The molecule has 2 atom stereocenters. The normalized spacial score (nSPS) is 13.9. The SMILES string of the molecule is C[C@@H](C(=O)NCc1ccco1)N(C)[C@@H](C)c1ccccc1. The molecule has 1 aromatic heterocycles. The van der Waals surface area contributed by atoms with Crippen LogP contribution in [0, 0.1) is 0 Å². The Balaban J connectivity index is 1.91. The van der Waals surface area contributed by atoms with E-state index in [1.165, 1.54) is 5.56 Å². The highest BCUT2D eigenvalue weighted by Crippen LogP contribution is 2.20. The zero-order valence-corrected chi connectivity index (χ0v) is 12.7. The van der Waals surface area contributed by atoms with Crippen LogP contribution in [0.3, 0.4) is 0 Å². The number of carbonyl (C=O) groups excluding carboxylic acids is 1. The van der Waals surface area contributed by atoms with E-state index >= 15 is 0 Å². The zero-order chi connectivity index (χ0) is 15.2. The van der Waals surface area contributed by atoms with E-state index in [-0.39, 0.29) is 18.0 Å². The van der Waals surface area contributed by atoms with Gasteiger partial charge >= 0.3 is 0 Å². The molecular formula is C17H22N2O2. The van der Waals surface area contributed by atoms with Crippen LogP contribution in [0.1, 0.15) is 31.2 Å². The number of hydrogen-bond acceptors (Lipinski definition) is 3. The molecule has 0 aliphatic heterocycles. The van der Waals surface area contributed by atoms with Crippen LogP contribution >= 0.6 is 0 Å². The van der Waals surface area contributed by atoms with Gasteiger partial charge in [0.15, 0.2) is 0 Å². The van der Waals surface area contributed by atoms with Gasteiger partial charge in [-0.05, 0) is 38.6 Å². The van der Waals surface area contributed by atoms with Crippen molar-refractivity contribution < 1.29 is 9.21 Å². The number of carbonyl (C=O) groups is 1. The molecule has 1 N–H and O–H groups in total. The van der Waals surface area contributed by atoms with Crippen LogP contribution in [0.15, 0.2) is 53.1 Å². The summed E-state index contributed by atoms with van der Waals surface area (Å²) in [6.45, 7) is 4.44. The third-order valence-corrected chi connectivity index (χ3v) is 3.90. The summed E-state index contributed by atoms with van der Waals surface area (Å²) in [4.78, 5) is 14.3. The lowest BCUT2D eigenvalue weighted by atomic mass is 10.1. The average Bonchev–Trinajstić information content (AvgIpc) is 3.04. The Hall–Kier alpha value is -2.07. The van der Waals surface area contributed by atoms with Crippen LogP contribution in [0.2, 0.25) is 0 Å². The van der Waals surface area contributed by atoms with Crippen molar-refractivity contribution in [3.05, 3.63) is 60.1 Å². The minimum Gasteiger partial charge on any atom is -0.467 e. The Kier molecular flexibility index (Phi) is 5.17. The highest BCUT2D eigenvalue weighted by Gasteiger charge is 2.22. The van der Waals surface area contributed by atoms with Crippen molar-refractivity contribution in [2.24, 2.45) is 0 Å². The summed E-state index contributed by atoms with van der Waals surface area (Å²) >= 11 is 0. The molecular weight excluding hydrogens is 264 g/mol. The highest BCUT2D eigenvalue weighted by molar-refractivity contribution is 5.81. The van der Waals surface area contributed by atoms with Crippen LogP contribution in [0.25, 0.3) is 0 Å². The summed E-state index contributed by atoms with van der Waals surface area (Å²) in [6.07, 6.45) is 1.61. The molecule has 0 unspecified atom stereocenters. The molecule has 0 radical (unpaired) electrons. The quantitative estimate of drug-likeness (QED) is 0.888. The molecule has 0 fully saturated rings. The van der Waals surface area contributed by atoms with Gasteiger partial charge in [0.25, 0.3) is 0 Å². The molecule has 0 bridgehead atoms. The van der Waals surface area contributed by atoms with E-state index in [0.29, 0.717) is 6.54 Å². The second-order valence-electron chi connectivity index (χ2n) is 5.23. The summed E-state index contributed by atoms with van der Waals surface area (Å²) < 4.78 is 5.21. The van der Waals surface area contributed by atoms with Crippen LogP contribution in [-0.4, -0.2) is 23.9 Å². The molecule has 2 aromatic rings. The van der Waals surface area contributed by atoms with Crippen LogP contribution < -0.4 is 5.32 Å². The van der Waals surface area contributed by atoms with E-state index in [9.17, 15) is 4.79 Å². The van der Waals surface area contributed by atoms with Gasteiger partial charge in [-0.1, -0.05) is 30.3 Å². The second kappa shape index (κ2) is 7.09. The Morgan fingerprint density at radius 2 is 1.90 bits per heavy atom. The largest absolute Gasteiger partial charge is 0.467 e. The number of hydrogen-bond donors (Lipinski definition) is 1. The summed E-state index contributed by atoms with van der Waals surface area (Å²) in [6, 6.07) is 13.8. The van der Waals surface area contributed by atoms with Crippen molar-refractivity contribution >= 4 is 5.91 Å². The predicted molar refractivity (Wildman–Crippen MR) is 82.6 cm³/mol. The van der Waals surface area contributed by atoms with Crippen molar-refractivity contribution in [2.75, 3.05) is 7.05 Å². The maximum atomic E-state index is 12.2. The Labute approximate surface area is 125 Å².